The first kappa shape index (κ1) is 63.4. The van der Waals surface area contributed by atoms with Gasteiger partial charge in [0.05, 0.1) is 29.9 Å². The molecular weight excluding hydrogens is 948 g/mol. The molecule has 0 aliphatic rings. The summed E-state index contributed by atoms with van der Waals surface area (Å²) in [6.07, 6.45) is 5.04. The minimum atomic E-state index is -2.09. The Morgan fingerprint density at radius 3 is 1.00 bits per heavy atom. The Hall–Kier alpha value is -6.56. The summed E-state index contributed by atoms with van der Waals surface area (Å²) in [6.45, 7) is 29.1. The van der Waals surface area contributed by atoms with Crippen LogP contribution in [0.5, 0.6) is 0 Å². The Bertz CT molecular complexity index is 2390. The van der Waals surface area contributed by atoms with E-state index in [9.17, 15) is 38.4 Å². The molecule has 0 heterocycles. The summed E-state index contributed by atoms with van der Waals surface area (Å²) in [5, 5.41) is 17.5. The van der Waals surface area contributed by atoms with Gasteiger partial charge in [-0.2, -0.15) is 11.1 Å². The highest BCUT2D eigenvalue weighted by atomic mass is 35.6. The maximum Gasteiger partial charge on any atom is 0.335 e. The number of hydrogen-bond acceptors (Lipinski definition) is 11. The lowest BCUT2D eigenvalue weighted by Crippen LogP contribution is -2.42. The van der Waals surface area contributed by atoms with Crippen LogP contribution in [0.2, 0.25) is 36.3 Å². The van der Waals surface area contributed by atoms with E-state index in [0.29, 0.717) is 46.8 Å². The molecule has 0 unspecified atom stereocenters. The third-order valence-electron chi connectivity index (χ3n) is 10.8. The van der Waals surface area contributed by atoms with E-state index in [1.54, 1.807) is 81.4 Å². The number of benzene rings is 4. The first-order valence-electron chi connectivity index (χ1n) is 22.2. The van der Waals surface area contributed by atoms with E-state index in [-0.39, 0.29) is 28.1 Å². The molecule has 0 aromatic heterocycles. The van der Waals surface area contributed by atoms with Gasteiger partial charge in [0.15, 0.2) is 7.38 Å². The topological polar surface area (TPSA) is 205 Å². The van der Waals surface area contributed by atoms with Gasteiger partial charge in [-0.15, -0.1) is 0 Å². The highest BCUT2D eigenvalue weighted by Crippen LogP contribution is 2.38. The molecule has 0 aliphatic carbocycles. The van der Waals surface area contributed by atoms with E-state index in [2.05, 4.69) is 54.6 Å². The lowest BCUT2D eigenvalue weighted by molar-refractivity contribution is -0.138. The predicted molar refractivity (Wildman–Crippen MR) is 282 cm³/mol. The normalized spacial score (nSPS) is 11.4. The zero-order valence-electron chi connectivity index (χ0n) is 42.8. The molecule has 0 bridgehead atoms. The molecule has 4 rings (SSSR count). The zero-order valence-corrected chi connectivity index (χ0v) is 45.6. The number of allylic oxidation sites excluding steroid dienone is 2. The van der Waals surface area contributed by atoms with Crippen LogP contribution in [0.1, 0.15) is 143 Å². The van der Waals surface area contributed by atoms with Gasteiger partial charge in [-0.25, -0.2) is 24.0 Å². The van der Waals surface area contributed by atoms with Crippen molar-refractivity contribution in [3.05, 3.63) is 154 Å². The van der Waals surface area contributed by atoms with Crippen LogP contribution in [0.3, 0.4) is 0 Å². The molecule has 378 valence electrons. The largest absolute Gasteiger partial charge is 0.516 e. The summed E-state index contributed by atoms with van der Waals surface area (Å²) in [7, 11) is -3.48. The Labute approximate surface area is 419 Å². The second-order valence-corrected chi connectivity index (χ2v) is 30.4. The quantitative estimate of drug-likeness (QED) is 0.0421. The van der Waals surface area contributed by atoms with E-state index in [1.165, 1.54) is 48.6 Å². The van der Waals surface area contributed by atoms with Crippen LogP contribution in [0, 0.1) is 0 Å². The summed E-state index contributed by atoms with van der Waals surface area (Å²) in [6, 6.07) is 25.6. The van der Waals surface area contributed by atoms with Gasteiger partial charge in [0.25, 0.3) is 8.32 Å². The van der Waals surface area contributed by atoms with Crippen LogP contribution in [0.4, 0.5) is 0 Å². The van der Waals surface area contributed by atoms with Gasteiger partial charge >= 0.3 is 29.8 Å². The van der Waals surface area contributed by atoms with E-state index >= 15 is 0 Å². The van der Waals surface area contributed by atoms with Crippen LogP contribution in [-0.4, -0.2) is 87.8 Å². The van der Waals surface area contributed by atoms with Crippen molar-refractivity contribution in [1.82, 2.24) is 0 Å². The molecule has 0 aliphatic heterocycles. The summed E-state index contributed by atoms with van der Waals surface area (Å²) >= 11 is 6.15. The van der Waals surface area contributed by atoms with Gasteiger partial charge in [-0.05, 0) is 110 Å². The van der Waals surface area contributed by atoms with Crippen molar-refractivity contribution < 1.29 is 62.5 Å². The minimum absolute atomic E-state index is 0.00853. The average Bonchev–Trinajstić information content (AvgIpc) is 3.29. The molecule has 0 saturated heterocycles. The SMILES string of the molecule is CC(C)(C)[Si](C)(C)Cl.CC(C)(C)[Si](C)(C)OC(=O)c1ccc(C=O)cc1.CCOC(=O)/C=C(/C)c1ccc(C(=O)O)cc1.CCOC(=O)/C=C(/C)c1ccc(C=O)cc1.O=Cc1ccc(C(=O)O)cc1. The highest BCUT2D eigenvalue weighted by Gasteiger charge is 2.40. The molecule has 16 heteroatoms. The van der Waals surface area contributed by atoms with Gasteiger partial charge in [0, 0.05) is 28.8 Å². The third-order valence-corrected chi connectivity index (χ3v) is 20.4. The molecule has 4 aromatic rings. The van der Waals surface area contributed by atoms with Crippen molar-refractivity contribution in [3.8, 4) is 0 Å². The zero-order chi connectivity index (χ0) is 54.0. The summed E-state index contributed by atoms with van der Waals surface area (Å²) in [5.41, 5.74) is 5.80. The molecule has 0 radical (unpaired) electrons. The third kappa shape index (κ3) is 24.1. The fraction of sp³-hybridized carbons (Fsp3) is 0.333. The number of aldehydes is 3. The molecule has 0 amide bonds. The molecule has 2 N–H and O–H groups in total. The predicted octanol–water partition coefficient (Wildman–Crippen LogP) is 12.9. The fourth-order valence-corrected chi connectivity index (χ4v) is 5.32. The number of carbonyl (C=O) groups excluding carboxylic acids is 6. The van der Waals surface area contributed by atoms with Gasteiger partial charge in [-0.3, -0.25) is 14.4 Å². The molecule has 0 spiro atoms. The number of esters is 2. The minimum Gasteiger partial charge on any atom is -0.516 e. The van der Waals surface area contributed by atoms with E-state index in [0.717, 1.165) is 34.8 Å². The Morgan fingerprint density at radius 2 is 0.757 bits per heavy atom. The fourth-order valence-electron chi connectivity index (χ4n) is 4.43. The lowest BCUT2D eigenvalue weighted by atomic mass is 10.1. The number of halogens is 1. The smallest absolute Gasteiger partial charge is 0.335 e. The standard InChI is InChI=1S/C14H20O3Si.C13H14O4.C13H14O3.C8H6O3.C6H15ClSi/c1-14(2,3)18(4,5)17-13(16)12-8-6-11(10-15)7-9-12;1-3-17-12(14)8-9(2)10-4-6-11(7-5-10)13(15)16;1-3-16-13(15)8-10(2)12-6-4-11(9-14)5-7-12;9-5-6-1-3-7(4-2-6)8(10)11;1-6(2,3)8(4,5)7/h6-10H,1-5H3;4-8H,3H2,1-2H3,(H,15,16);4-9H,3H2,1-2H3;1-5H,(H,10,11);1-5H3/b;9-8-;10-8-;;. The molecule has 4 aromatic carbocycles. The molecule has 0 saturated carbocycles. The van der Waals surface area contributed by atoms with Gasteiger partial charge in [-0.1, -0.05) is 115 Å². The van der Waals surface area contributed by atoms with Crippen LogP contribution in [0.15, 0.2) is 109 Å². The number of carbonyl (C=O) groups is 8. The summed E-state index contributed by atoms with van der Waals surface area (Å²) < 4.78 is 15.3. The van der Waals surface area contributed by atoms with Gasteiger partial charge in [0.1, 0.15) is 18.9 Å². The molecule has 70 heavy (non-hydrogen) atoms. The summed E-state index contributed by atoms with van der Waals surface area (Å²) in [5.74, 6) is -3.00. The number of carboxylic acid groups (broad SMARTS) is 2. The van der Waals surface area contributed by atoms with Crippen molar-refractivity contribution in [2.24, 2.45) is 0 Å². The number of rotatable bonds is 13. The van der Waals surface area contributed by atoms with Crippen LogP contribution in [-0.2, 0) is 23.5 Å². The van der Waals surface area contributed by atoms with Crippen molar-refractivity contribution >= 4 is 86.6 Å². The Morgan fingerprint density at radius 1 is 0.500 bits per heavy atom. The highest BCUT2D eigenvalue weighted by molar-refractivity contribution is 7.20. The van der Waals surface area contributed by atoms with Gasteiger partial charge < -0.3 is 24.1 Å². The summed E-state index contributed by atoms with van der Waals surface area (Å²) in [4.78, 5) is 86.5. The van der Waals surface area contributed by atoms with E-state index in [1.807, 2.05) is 20.0 Å². The van der Waals surface area contributed by atoms with Crippen LogP contribution < -0.4 is 0 Å². The maximum atomic E-state index is 12.0. The number of carboxylic acids is 2. The first-order chi connectivity index (χ1) is 32.4. The first-order valence-corrected chi connectivity index (χ1v) is 29.1. The van der Waals surface area contributed by atoms with Crippen LogP contribution in [0.25, 0.3) is 11.1 Å². The van der Waals surface area contributed by atoms with Crippen molar-refractivity contribution in [1.29, 1.82) is 0 Å². The van der Waals surface area contributed by atoms with Crippen molar-refractivity contribution in [2.45, 2.75) is 106 Å². The lowest BCUT2D eigenvalue weighted by Gasteiger charge is -2.35. The number of aromatic carboxylic acids is 2. The van der Waals surface area contributed by atoms with Crippen molar-refractivity contribution in [2.75, 3.05) is 13.2 Å². The molecule has 13 nitrogen and oxygen atoms in total. The Kier molecular flexibility index (Phi) is 27.3. The second-order valence-electron chi connectivity index (χ2n) is 18.4. The van der Waals surface area contributed by atoms with E-state index in [4.69, 9.17) is 35.2 Å². The molecule has 0 fully saturated rings. The second kappa shape index (κ2) is 30.1. The Balaban J connectivity index is 0.000000871. The molecular formula is C54H69ClO13Si2. The number of hydrogen-bond donors (Lipinski definition) is 2. The average molecular weight is 1020 g/mol. The van der Waals surface area contributed by atoms with E-state index < -0.39 is 33.6 Å². The van der Waals surface area contributed by atoms with Gasteiger partial charge in [0.2, 0.25) is 0 Å². The maximum absolute atomic E-state index is 12.0. The number of ether oxygens (including phenoxy) is 2. The molecule has 0 atom stereocenters. The van der Waals surface area contributed by atoms with Crippen molar-refractivity contribution in [3.63, 3.8) is 0 Å². The van der Waals surface area contributed by atoms with Crippen LogP contribution >= 0.6 is 11.1 Å². The monoisotopic (exact) mass is 1020 g/mol.